The molecule has 1 aromatic rings. The minimum Gasteiger partial charge on any atom is -0.206 e. The van der Waals surface area contributed by atoms with E-state index in [2.05, 4.69) is 18.8 Å². The van der Waals surface area contributed by atoms with E-state index in [1.54, 1.807) is 6.07 Å². The highest BCUT2D eigenvalue weighted by molar-refractivity contribution is 5.41. The van der Waals surface area contributed by atoms with Gasteiger partial charge in [-0.1, -0.05) is 57.3 Å². The zero-order valence-corrected chi connectivity index (χ0v) is 14.8. The van der Waals surface area contributed by atoms with Gasteiger partial charge in [-0.15, -0.1) is 0 Å². The van der Waals surface area contributed by atoms with E-state index in [1.807, 2.05) is 6.07 Å². The molecule has 0 atom stereocenters. The quantitative estimate of drug-likeness (QED) is 0.450. The molecule has 0 heterocycles. The van der Waals surface area contributed by atoms with E-state index < -0.39 is 5.82 Å². The van der Waals surface area contributed by atoms with Gasteiger partial charge in [-0.2, -0.15) is 5.26 Å². The molecule has 1 aromatic carbocycles. The predicted octanol–water partition coefficient (Wildman–Crippen LogP) is 6.22. The van der Waals surface area contributed by atoms with Crippen molar-refractivity contribution in [1.82, 2.24) is 0 Å². The summed E-state index contributed by atoms with van der Waals surface area (Å²) in [6.45, 7) is 2.26. The second kappa shape index (κ2) is 10.1. The van der Waals surface area contributed by atoms with E-state index in [9.17, 15) is 4.39 Å². The van der Waals surface area contributed by atoms with E-state index in [0.29, 0.717) is 11.5 Å². The van der Waals surface area contributed by atoms with Crippen LogP contribution >= 0.6 is 0 Å². The molecule has 128 valence electrons. The van der Waals surface area contributed by atoms with Crippen LogP contribution in [-0.2, 0) is 0 Å². The molecule has 2 heteroatoms. The molecule has 0 N–H and O–H groups in total. The number of halogens is 1. The van der Waals surface area contributed by atoms with Gasteiger partial charge in [-0.25, -0.2) is 4.39 Å². The molecule has 0 aliphatic heterocycles. The smallest absolute Gasteiger partial charge is 0.142 e. The summed E-state index contributed by atoms with van der Waals surface area (Å²) in [7, 11) is 0. The SMILES string of the molecule is CCCCCCC[C@H]1CC[C@H](C#Cc2ccc(C#N)c(F)c2)CC1. The summed E-state index contributed by atoms with van der Waals surface area (Å²) >= 11 is 0. The van der Waals surface area contributed by atoms with Crippen LogP contribution in [0.5, 0.6) is 0 Å². The first kappa shape index (κ1) is 18.5. The first-order valence-corrected chi connectivity index (χ1v) is 9.44. The Labute approximate surface area is 146 Å². The lowest BCUT2D eigenvalue weighted by atomic mass is 9.80. The Morgan fingerprint density at radius 3 is 2.50 bits per heavy atom. The van der Waals surface area contributed by atoms with Crippen LogP contribution in [0, 0.1) is 40.8 Å². The molecule has 1 aliphatic rings. The number of hydrogen-bond acceptors (Lipinski definition) is 1. The zero-order chi connectivity index (χ0) is 17.2. The number of hydrogen-bond donors (Lipinski definition) is 0. The van der Waals surface area contributed by atoms with Crippen LogP contribution in [0.3, 0.4) is 0 Å². The molecule has 1 fully saturated rings. The van der Waals surface area contributed by atoms with Crippen molar-refractivity contribution in [1.29, 1.82) is 5.26 Å². The van der Waals surface area contributed by atoms with Crippen LogP contribution in [0.4, 0.5) is 4.39 Å². The molecular formula is C22H28FN. The van der Waals surface area contributed by atoms with E-state index >= 15 is 0 Å². The van der Waals surface area contributed by atoms with Crippen LogP contribution in [0.2, 0.25) is 0 Å². The topological polar surface area (TPSA) is 23.8 Å². The van der Waals surface area contributed by atoms with Crippen LogP contribution in [0.15, 0.2) is 18.2 Å². The monoisotopic (exact) mass is 325 g/mol. The van der Waals surface area contributed by atoms with Crippen LogP contribution in [0.25, 0.3) is 0 Å². The van der Waals surface area contributed by atoms with Crippen molar-refractivity contribution in [3.05, 3.63) is 35.1 Å². The molecule has 0 aromatic heterocycles. The Bertz CT molecular complexity index is 609. The molecule has 0 amide bonds. The Kier molecular flexibility index (Phi) is 7.84. The predicted molar refractivity (Wildman–Crippen MR) is 96.8 cm³/mol. The van der Waals surface area contributed by atoms with Crippen molar-refractivity contribution in [3.8, 4) is 17.9 Å². The maximum absolute atomic E-state index is 13.6. The second-order valence-electron chi connectivity index (χ2n) is 7.00. The molecule has 1 nitrogen and oxygen atoms in total. The zero-order valence-electron chi connectivity index (χ0n) is 14.8. The van der Waals surface area contributed by atoms with Crippen molar-refractivity contribution in [2.24, 2.45) is 11.8 Å². The molecule has 1 saturated carbocycles. The largest absolute Gasteiger partial charge is 0.206 e. The highest BCUT2D eigenvalue weighted by Crippen LogP contribution is 2.31. The molecular weight excluding hydrogens is 297 g/mol. The summed E-state index contributed by atoms with van der Waals surface area (Å²) < 4.78 is 13.6. The number of benzene rings is 1. The minimum absolute atomic E-state index is 0.0833. The van der Waals surface area contributed by atoms with E-state index in [-0.39, 0.29) is 5.56 Å². The standard InChI is InChI=1S/C22H28FN/c1-2-3-4-5-6-7-18-8-10-19(11-9-18)12-13-20-14-15-21(17-24)22(23)16-20/h14-16,18-19H,2-11H2,1H3/t18-,19-. The van der Waals surface area contributed by atoms with Crippen molar-refractivity contribution in [2.45, 2.75) is 71.1 Å². The lowest BCUT2D eigenvalue weighted by Gasteiger charge is -2.25. The molecule has 2 rings (SSSR count). The molecule has 0 saturated heterocycles. The first-order valence-electron chi connectivity index (χ1n) is 9.44. The van der Waals surface area contributed by atoms with Gasteiger partial charge in [0.25, 0.3) is 0 Å². The van der Waals surface area contributed by atoms with Gasteiger partial charge in [0, 0.05) is 11.5 Å². The van der Waals surface area contributed by atoms with Crippen LogP contribution in [-0.4, -0.2) is 0 Å². The fraction of sp³-hybridized carbons (Fsp3) is 0.591. The average Bonchev–Trinajstić information content (AvgIpc) is 2.61. The maximum atomic E-state index is 13.6. The Hall–Kier alpha value is -1.80. The van der Waals surface area contributed by atoms with Crippen LogP contribution in [0.1, 0.15) is 82.3 Å². The van der Waals surface area contributed by atoms with Crippen LogP contribution < -0.4 is 0 Å². The summed E-state index contributed by atoms with van der Waals surface area (Å²) in [5.74, 6) is 7.25. The van der Waals surface area contributed by atoms with Gasteiger partial charge in [0.2, 0.25) is 0 Å². The number of nitrogens with zero attached hydrogens (tertiary/aromatic N) is 1. The number of nitriles is 1. The molecule has 0 radical (unpaired) electrons. The summed E-state index contributed by atoms with van der Waals surface area (Å²) in [4.78, 5) is 0. The molecule has 0 spiro atoms. The minimum atomic E-state index is -0.476. The van der Waals surface area contributed by atoms with Gasteiger partial charge in [0.1, 0.15) is 11.9 Å². The van der Waals surface area contributed by atoms with Gasteiger partial charge in [0.15, 0.2) is 0 Å². The number of unbranched alkanes of at least 4 members (excludes halogenated alkanes) is 4. The maximum Gasteiger partial charge on any atom is 0.142 e. The average molecular weight is 325 g/mol. The Balaban J connectivity index is 1.74. The Morgan fingerprint density at radius 1 is 1.08 bits per heavy atom. The third-order valence-electron chi connectivity index (χ3n) is 5.07. The molecule has 1 aliphatic carbocycles. The van der Waals surface area contributed by atoms with Crippen molar-refractivity contribution >= 4 is 0 Å². The highest BCUT2D eigenvalue weighted by atomic mass is 19.1. The normalized spacial score (nSPS) is 20.0. The van der Waals surface area contributed by atoms with E-state index in [4.69, 9.17) is 5.26 Å². The van der Waals surface area contributed by atoms with Crippen molar-refractivity contribution in [2.75, 3.05) is 0 Å². The highest BCUT2D eigenvalue weighted by Gasteiger charge is 2.19. The first-order chi connectivity index (χ1) is 11.7. The lowest BCUT2D eigenvalue weighted by Crippen LogP contribution is -2.13. The summed E-state index contributed by atoms with van der Waals surface area (Å²) in [5, 5.41) is 8.75. The third-order valence-corrected chi connectivity index (χ3v) is 5.07. The molecule has 24 heavy (non-hydrogen) atoms. The van der Waals surface area contributed by atoms with E-state index in [0.717, 1.165) is 5.92 Å². The summed E-state index contributed by atoms with van der Waals surface area (Å²) in [5.41, 5.74) is 0.754. The lowest BCUT2D eigenvalue weighted by molar-refractivity contribution is 0.294. The fourth-order valence-corrected chi connectivity index (χ4v) is 3.50. The number of rotatable bonds is 6. The van der Waals surface area contributed by atoms with Crippen molar-refractivity contribution in [3.63, 3.8) is 0 Å². The van der Waals surface area contributed by atoms with Gasteiger partial charge in [0.05, 0.1) is 5.56 Å². The van der Waals surface area contributed by atoms with Crippen molar-refractivity contribution < 1.29 is 4.39 Å². The van der Waals surface area contributed by atoms with Gasteiger partial charge >= 0.3 is 0 Å². The van der Waals surface area contributed by atoms with Gasteiger partial charge in [-0.3, -0.25) is 0 Å². The summed E-state index contributed by atoms with van der Waals surface area (Å²) in [6, 6.07) is 6.45. The summed E-state index contributed by atoms with van der Waals surface area (Å²) in [6.07, 6.45) is 13.1. The Morgan fingerprint density at radius 2 is 1.83 bits per heavy atom. The second-order valence-corrected chi connectivity index (χ2v) is 7.00. The molecule has 0 unspecified atom stereocenters. The van der Waals surface area contributed by atoms with Gasteiger partial charge < -0.3 is 0 Å². The van der Waals surface area contributed by atoms with E-state index in [1.165, 1.54) is 76.3 Å². The molecule has 0 bridgehead atoms. The fourth-order valence-electron chi connectivity index (χ4n) is 3.50. The van der Waals surface area contributed by atoms with Gasteiger partial charge in [-0.05, 0) is 49.8 Å². The third kappa shape index (κ3) is 6.01.